The summed E-state index contributed by atoms with van der Waals surface area (Å²) in [4.78, 5) is 0. The standard InChI is InChI=1S/C12H11ClN2/c13-12-8-11(14)6-7-15(12)9-10-4-2-1-3-5-10/h1-8,14H,9H2/p+1. The van der Waals surface area contributed by atoms with Crippen molar-refractivity contribution in [1.29, 1.82) is 0 Å². The van der Waals surface area contributed by atoms with Crippen molar-refractivity contribution in [3.05, 3.63) is 59.4 Å². The van der Waals surface area contributed by atoms with Crippen molar-refractivity contribution in [1.82, 2.24) is 0 Å². The summed E-state index contributed by atoms with van der Waals surface area (Å²) in [5.41, 5.74) is 7.52. The van der Waals surface area contributed by atoms with E-state index in [1.54, 1.807) is 6.07 Å². The maximum Gasteiger partial charge on any atom is 0.277 e. The van der Waals surface area contributed by atoms with Crippen molar-refractivity contribution in [3.63, 3.8) is 0 Å². The minimum atomic E-state index is 0.652. The normalized spacial score (nSPS) is 10.2. The van der Waals surface area contributed by atoms with Crippen LogP contribution in [-0.4, -0.2) is 0 Å². The summed E-state index contributed by atoms with van der Waals surface area (Å²) in [5.74, 6) is 0. The molecule has 0 atom stereocenters. The zero-order valence-corrected chi connectivity index (χ0v) is 8.98. The van der Waals surface area contributed by atoms with Crippen LogP contribution in [0.15, 0.2) is 48.7 Å². The number of benzene rings is 1. The first-order valence-corrected chi connectivity index (χ1v) is 5.12. The zero-order valence-electron chi connectivity index (χ0n) is 8.23. The first-order chi connectivity index (χ1) is 7.25. The van der Waals surface area contributed by atoms with Crippen molar-refractivity contribution < 1.29 is 4.57 Å². The summed E-state index contributed by atoms with van der Waals surface area (Å²) in [6, 6.07) is 13.8. The third kappa shape index (κ3) is 2.48. The molecule has 1 heterocycles. The van der Waals surface area contributed by atoms with E-state index in [1.165, 1.54) is 5.56 Å². The summed E-state index contributed by atoms with van der Waals surface area (Å²) in [6.45, 7) is 0.764. The van der Waals surface area contributed by atoms with E-state index in [0.29, 0.717) is 10.8 Å². The number of nitrogens with zero attached hydrogens (tertiary/aromatic N) is 1. The van der Waals surface area contributed by atoms with Crippen LogP contribution in [-0.2, 0) is 6.54 Å². The third-order valence-corrected chi connectivity index (χ3v) is 2.53. The maximum absolute atomic E-state index is 6.06. The van der Waals surface area contributed by atoms with E-state index in [1.807, 2.05) is 35.0 Å². The van der Waals surface area contributed by atoms with Gasteiger partial charge in [-0.1, -0.05) is 30.3 Å². The van der Waals surface area contributed by atoms with Crippen LogP contribution < -0.4 is 10.3 Å². The molecule has 3 heteroatoms. The molecule has 2 rings (SSSR count). The molecule has 2 N–H and O–H groups in total. The number of nitrogens with two attached hydrogens (primary N) is 1. The third-order valence-electron chi connectivity index (χ3n) is 2.20. The van der Waals surface area contributed by atoms with Crippen molar-refractivity contribution >= 4 is 17.3 Å². The van der Waals surface area contributed by atoms with E-state index < -0.39 is 0 Å². The number of hydrogen-bond acceptors (Lipinski definition) is 1. The van der Waals surface area contributed by atoms with Crippen LogP contribution in [0.3, 0.4) is 0 Å². The highest BCUT2D eigenvalue weighted by Gasteiger charge is 2.08. The van der Waals surface area contributed by atoms with Crippen LogP contribution in [0.2, 0.25) is 5.15 Å². The van der Waals surface area contributed by atoms with Gasteiger partial charge in [-0.15, -0.1) is 0 Å². The topological polar surface area (TPSA) is 29.9 Å². The van der Waals surface area contributed by atoms with Gasteiger partial charge in [0.1, 0.15) is 0 Å². The van der Waals surface area contributed by atoms with Crippen LogP contribution in [0.5, 0.6) is 0 Å². The van der Waals surface area contributed by atoms with Gasteiger partial charge in [0.05, 0.1) is 0 Å². The number of pyridine rings is 1. The summed E-state index contributed by atoms with van der Waals surface area (Å²) in [7, 11) is 0. The van der Waals surface area contributed by atoms with Gasteiger partial charge in [0.25, 0.3) is 5.15 Å². The minimum Gasteiger partial charge on any atom is -0.398 e. The Morgan fingerprint density at radius 1 is 1.13 bits per heavy atom. The van der Waals surface area contributed by atoms with Gasteiger partial charge in [0.15, 0.2) is 12.7 Å². The fourth-order valence-electron chi connectivity index (χ4n) is 1.42. The number of aromatic nitrogens is 1. The second-order valence-electron chi connectivity index (χ2n) is 3.40. The molecule has 2 nitrogen and oxygen atoms in total. The number of hydrogen-bond donors (Lipinski definition) is 1. The Hall–Kier alpha value is -1.54. The van der Waals surface area contributed by atoms with E-state index >= 15 is 0 Å². The lowest BCUT2D eigenvalue weighted by Crippen LogP contribution is -2.35. The lowest BCUT2D eigenvalue weighted by atomic mass is 10.2. The molecule has 0 saturated carbocycles. The second kappa shape index (κ2) is 4.32. The van der Waals surface area contributed by atoms with E-state index in [0.717, 1.165) is 6.54 Å². The molecule has 0 spiro atoms. The Labute approximate surface area is 93.9 Å². The molecule has 0 aliphatic rings. The van der Waals surface area contributed by atoms with Gasteiger partial charge in [-0.2, -0.15) is 4.57 Å². The second-order valence-corrected chi connectivity index (χ2v) is 3.78. The van der Waals surface area contributed by atoms with Crippen LogP contribution in [0.1, 0.15) is 5.56 Å². The molecule has 0 unspecified atom stereocenters. The Kier molecular flexibility index (Phi) is 2.88. The highest BCUT2D eigenvalue weighted by atomic mass is 35.5. The van der Waals surface area contributed by atoms with Crippen molar-refractivity contribution in [2.75, 3.05) is 5.73 Å². The van der Waals surface area contributed by atoms with Crippen molar-refractivity contribution in [3.8, 4) is 0 Å². The van der Waals surface area contributed by atoms with Crippen LogP contribution in [0, 0.1) is 0 Å². The Morgan fingerprint density at radius 3 is 2.53 bits per heavy atom. The Balaban J connectivity index is 2.25. The average Bonchev–Trinajstić information content (AvgIpc) is 2.24. The zero-order chi connectivity index (χ0) is 10.7. The minimum absolute atomic E-state index is 0.652. The Bertz CT molecular complexity index is 454. The molecule has 2 aromatic rings. The fraction of sp³-hybridized carbons (Fsp3) is 0.0833. The summed E-state index contributed by atoms with van der Waals surface area (Å²) >= 11 is 6.06. The van der Waals surface area contributed by atoms with E-state index in [-0.39, 0.29) is 0 Å². The van der Waals surface area contributed by atoms with E-state index in [9.17, 15) is 0 Å². The SMILES string of the molecule is Nc1cc[n+](Cc2ccccc2)c(Cl)c1. The molecule has 0 saturated heterocycles. The summed E-state index contributed by atoms with van der Waals surface area (Å²) in [5, 5.41) is 0.652. The Morgan fingerprint density at radius 2 is 1.87 bits per heavy atom. The summed E-state index contributed by atoms with van der Waals surface area (Å²) < 4.78 is 1.95. The lowest BCUT2D eigenvalue weighted by Gasteiger charge is -1.99. The van der Waals surface area contributed by atoms with E-state index in [2.05, 4.69) is 12.1 Å². The highest BCUT2D eigenvalue weighted by Crippen LogP contribution is 2.08. The molecule has 0 bridgehead atoms. The van der Waals surface area contributed by atoms with Gasteiger partial charge < -0.3 is 5.73 Å². The molecular weight excluding hydrogens is 208 g/mol. The molecule has 15 heavy (non-hydrogen) atoms. The molecular formula is C12H12ClN2+. The largest absolute Gasteiger partial charge is 0.398 e. The quantitative estimate of drug-likeness (QED) is 0.610. The van der Waals surface area contributed by atoms with E-state index in [4.69, 9.17) is 17.3 Å². The molecule has 0 aliphatic heterocycles. The van der Waals surface area contributed by atoms with Crippen molar-refractivity contribution in [2.45, 2.75) is 6.54 Å². The monoisotopic (exact) mass is 219 g/mol. The highest BCUT2D eigenvalue weighted by molar-refractivity contribution is 6.28. The lowest BCUT2D eigenvalue weighted by molar-refractivity contribution is -0.686. The number of rotatable bonds is 2. The number of anilines is 1. The van der Waals surface area contributed by atoms with Crippen molar-refractivity contribution in [2.24, 2.45) is 0 Å². The summed E-state index contributed by atoms with van der Waals surface area (Å²) in [6.07, 6.45) is 1.89. The predicted molar refractivity (Wildman–Crippen MR) is 61.6 cm³/mol. The van der Waals surface area contributed by atoms with Gasteiger partial charge in [0.2, 0.25) is 0 Å². The van der Waals surface area contributed by atoms with Gasteiger partial charge in [-0.25, -0.2) is 0 Å². The molecule has 1 aromatic heterocycles. The van der Waals surface area contributed by atoms with Crippen LogP contribution in [0.25, 0.3) is 0 Å². The van der Waals surface area contributed by atoms with Gasteiger partial charge >= 0.3 is 0 Å². The van der Waals surface area contributed by atoms with Crippen LogP contribution in [0.4, 0.5) is 5.69 Å². The predicted octanol–water partition coefficient (Wildman–Crippen LogP) is 2.26. The molecule has 0 amide bonds. The number of nitrogen functional groups attached to an aromatic ring is 1. The van der Waals surface area contributed by atoms with Crippen LogP contribution >= 0.6 is 11.6 Å². The molecule has 76 valence electrons. The van der Waals surface area contributed by atoms with Gasteiger partial charge in [-0.05, 0) is 11.6 Å². The number of halogens is 1. The molecule has 0 fully saturated rings. The smallest absolute Gasteiger partial charge is 0.277 e. The first kappa shape index (κ1) is 9.99. The molecule has 0 aliphatic carbocycles. The molecule has 1 aromatic carbocycles. The molecule has 0 radical (unpaired) electrons. The van der Waals surface area contributed by atoms with Gasteiger partial charge in [-0.3, -0.25) is 0 Å². The average molecular weight is 220 g/mol. The first-order valence-electron chi connectivity index (χ1n) is 4.74. The fourth-order valence-corrected chi connectivity index (χ4v) is 1.67. The maximum atomic E-state index is 6.06. The van der Waals surface area contributed by atoms with Gasteiger partial charge in [0, 0.05) is 23.4 Å².